The molecule has 2 rings (SSSR count). The van der Waals surface area contributed by atoms with Gasteiger partial charge in [-0.1, -0.05) is 0 Å². The number of amides is 2. The summed E-state index contributed by atoms with van der Waals surface area (Å²) in [4.78, 5) is 26.7. The maximum atomic E-state index is 12.2. The molecule has 1 aliphatic rings. The van der Waals surface area contributed by atoms with Crippen molar-refractivity contribution in [2.45, 2.75) is 25.3 Å². The number of aliphatic carboxylic acids is 1. The molecule has 0 bridgehead atoms. The van der Waals surface area contributed by atoms with Crippen molar-refractivity contribution in [2.75, 3.05) is 30.9 Å². The average Bonchev–Trinajstić information content (AvgIpc) is 2.86. The number of benzene rings is 1. The van der Waals surface area contributed by atoms with Crippen LogP contribution in [-0.4, -0.2) is 48.7 Å². The van der Waals surface area contributed by atoms with Gasteiger partial charge in [-0.05, 0) is 37.1 Å². The Labute approximate surface area is 124 Å². The first kappa shape index (κ1) is 15.2. The number of carboxylic acids is 1. The summed E-state index contributed by atoms with van der Waals surface area (Å²) in [5.41, 5.74) is 1.77. The molecule has 1 unspecified atom stereocenters. The predicted octanol–water partition coefficient (Wildman–Crippen LogP) is 2.22. The van der Waals surface area contributed by atoms with Crippen molar-refractivity contribution in [1.29, 1.82) is 0 Å². The van der Waals surface area contributed by atoms with Gasteiger partial charge in [0.25, 0.3) is 0 Å². The molecular formula is C15H21N3O3. The molecule has 1 heterocycles. The van der Waals surface area contributed by atoms with Gasteiger partial charge in [-0.25, -0.2) is 4.79 Å². The van der Waals surface area contributed by atoms with Crippen molar-refractivity contribution < 1.29 is 14.7 Å². The number of carboxylic acid groups (broad SMARTS) is 1. The van der Waals surface area contributed by atoms with Crippen LogP contribution in [0.1, 0.15) is 19.3 Å². The van der Waals surface area contributed by atoms with Crippen LogP contribution in [0.4, 0.5) is 16.2 Å². The molecule has 2 N–H and O–H groups in total. The number of nitrogens with one attached hydrogen (secondary N) is 1. The number of hydrogen-bond acceptors (Lipinski definition) is 3. The highest BCUT2D eigenvalue weighted by atomic mass is 16.4. The van der Waals surface area contributed by atoms with Crippen molar-refractivity contribution in [3.8, 4) is 0 Å². The van der Waals surface area contributed by atoms with Gasteiger partial charge in [-0.15, -0.1) is 0 Å². The minimum Gasteiger partial charge on any atom is -0.481 e. The molecule has 1 atom stereocenters. The van der Waals surface area contributed by atoms with Crippen LogP contribution in [0.15, 0.2) is 24.3 Å². The van der Waals surface area contributed by atoms with Gasteiger partial charge in [-0.2, -0.15) is 0 Å². The highest BCUT2D eigenvalue weighted by Crippen LogP contribution is 2.22. The second-order valence-corrected chi connectivity index (χ2v) is 5.46. The minimum atomic E-state index is -0.866. The molecule has 6 nitrogen and oxygen atoms in total. The second kappa shape index (κ2) is 6.47. The van der Waals surface area contributed by atoms with Crippen molar-refractivity contribution in [2.24, 2.45) is 0 Å². The fraction of sp³-hybridized carbons (Fsp3) is 0.467. The van der Waals surface area contributed by atoms with Crippen LogP contribution < -0.4 is 10.2 Å². The molecule has 1 fully saturated rings. The second-order valence-electron chi connectivity index (χ2n) is 5.46. The lowest BCUT2D eigenvalue weighted by molar-refractivity contribution is -0.137. The summed E-state index contributed by atoms with van der Waals surface area (Å²) in [5.74, 6) is -0.866. The summed E-state index contributed by atoms with van der Waals surface area (Å²) >= 11 is 0. The fourth-order valence-corrected chi connectivity index (χ4v) is 2.56. The zero-order valence-electron chi connectivity index (χ0n) is 12.4. The highest BCUT2D eigenvalue weighted by Gasteiger charge is 2.30. The zero-order chi connectivity index (χ0) is 15.4. The number of hydrogen-bond donors (Lipinski definition) is 2. The Morgan fingerprint density at radius 1 is 1.33 bits per heavy atom. The van der Waals surface area contributed by atoms with Gasteiger partial charge in [0.2, 0.25) is 0 Å². The molecule has 2 amide bonds. The molecule has 0 aromatic heterocycles. The Bertz CT molecular complexity index is 513. The van der Waals surface area contributed by atoms with E-state index in [1.54, 1.807) is 4.90 Å². The minimum absolute atomic E-state index is 0.00693. The van der Waals surface area contributed by atoms with Crippen LogP contribution >= 0.6 is 0 Å². The average molecular weight is 291 g/mol. The van der Waals surface area contributed by atoms with Crippen LogP contribution in [-0.2, 0) is 4.79 Å². The van der Waals surface area contributed by atoms with E-state index in [9.17, 15) is 9.59 Å². The van der Waals surface area contributed by atoms with Crippen LogP contribution in [0, 0.1) is 0 Å². The quantitative estimate of drug-likeness (QED) is 0.892. The summed E-state index contributed by atoms with van der Waals surface area (Å²) in [7, 11) is 3.91. The third kappa shape index (κ3) is 3.87. The predicted molar refractivity (Wildman–Crippen MR) is 81.8 cm³/mol. The van der Waals surface area contributed by atoms with E-state index in [0.717, 1.165) is 18.5 Å². The van der Waals surface area contributed by atoms with Gasteiger partial charge in [0.05, 0.1) is 6.42 Å². The SMILES string of the molecule is CN(C)c1ccc(NC(=O)N2CCCC2CC(=O)O)cc1. The van der Waals surface area contributed by atoms with E-state index in [-0.39, 0.29) is 18.5 Å². The first-order chi connectivity index (χ1) is 9.97. The Morgan fingerprint density at radius 2 is 2.00 bits per heavy atom. The van der Waals surface area contributed by atoms with E-state index in [1.807, 2.05) is 43.3 Å². The molecular weight excluding hydrogens is 270 g/mol. The summed E-state index contributed by atoms with van der Waals surface area (Å²) < 4.78 is 0. The maximum absolute atomic E-state index is 12.2. The lowest BCUT2D eigenvalue weighted by Gasteiger charge is -2.24. The van der Waals surface area contributed by atoms with E-state index in [2.05, 4.69) is 5.32 Å². The van der Waals surface area contributed by atoms with E-state index >= 15 is 0 Å². The van der Waals surface area contributed by atoms with Gasteiger partial charge in [0.15, 0.2) is 0 Å². The number of carbonyl (C=O) groups excluding carboxylic acids is 1. The Hall–Kier alpha value is -2.24. The normalized spacial score (nSPS) is 17.6. The third-order valence-electron chi connectivity index (χ3n) is 3.68. The fourth-order valence-electron chi connectivity index (χ4n) is 2.56. The molecule has 1 aliphatic heterocycles. The van der Waals surface area contributed by atoms with Crippen molar-refractivity contribution in [3.05, 3.63) is 24.3 Å². The first-order valence-corrected chi connectivity index (χ1v) is 7.04. The van der Waals surface area contributed by atoms with Crippen LogP contribution in [0.25, 0.3) is 0 Å². The highest BCUT2D eigenvalue weighted by molar-refractivity contribution is 5.90. The molecule has 1 aromatic carbocycles. The van der Waals surface area contributed by atoms with E-state index in [1.165, 1.54) is 0 Å². The van der Waals surface area contributed by atoms with Gasteiger partial charge >= 0.3 is 12.0 Å². The maximum Gasteiger partial charge on any atom is 0.322 e. The Morgan fingerprint density at radius 3 is 2.57 bits per heavy atom. The molecule has 0 saturated carbocycles. The Balaban J connectivity index is 1.98. The summed E-state index contributed by atoms with van der Waals surface area (Å²) in [5, 5.41) is 11.7. The Kier molecular flexibility index (Phi) is 4.67. The molecule has 0 spiro atoms. The topological polar surface area (TPSA) is 72.9 Å². The van der Waals surface area contributed by atoms with Gasteiger partial charge in [0, 0.05) is 38.1 Å². The first-order valence-electron chi connectivity index (χ1n) is 7.04. The molecule has 0 aliphatic carbocycles. The summed E-state index contributed by atoms with van der Waals surface area (Å²) in [6.07, 6.45) is 1.61. The lowest BCUT2D eigenvalue weighted by Crippen LogP contribution is -2.39. The smallest absolute Gasteiger partial charge is 0.322 e. The van der Waals surface area contributed by atoms with Crippen molar-refractivity contribution >= 4 is 23.4 Å². The van der Waals surface area contributed by atoms with Crippen molar-refractivity contribution in [3.63, 3.8) is 0 Å². The van der Waals surface area contributed by atoms with E-state index < -0.39 is 5.97 Å². The zero-order valence-corrected chi connectivity index (χ0v) is 12.4. The monoisotopic (exact) mass is 291 g/mol. The van der Waals surface area contributed by atoms with Crippen molar-refractivity contribution in [1.82, 2.24) is 4.90 Å². The molecule has 1 saturated heterocycles. The molecule has 1 aromatic rings. The van der Waals surface area contributed by atoms with Crippen LogP contribution in [0.3, 0.4) is 0 Å². The van der Waals surface area contributed by atoms with E-state index in [0.29, 0.717) is 12.2 Å². The molecule has 0 radical (unpaired) electrons. The molecule has 21 heavy (non-hydrogen) atoms. The van der Waals surface area contributed by atoms with Gasteiger partial charge in [0.1, 0.15) is 0 Å². The van der Waals surface area contributed by atoms with Crippen LogP contribution in [0.2, 0.25) is 0 Å². The number of anilines is 2. The number of likely N-dealkylation sites (tertiary alicyclic amines) is 1. The number of urea groups is 1. The largest absolute Gasteiger partial charge is 0.481 e. The van der Waals surface area contributed by atoms with E-state index in [4.69, 9.17) is 5.11 Å². The molecule has 114 valence electrons. The lowest BCUT2D eigenvalue weighted by atomic mass is 10.1. The molecule has 6 heteroatoms. The third-order valence-corrected chi connectivity index (χ3v) is 3.68. The van der Waals surface area contributed by atoms with Crippen LogP contribution in [0.5, 0.6) is 0 Å². The summed E-state index contributed by atoms with van der Waals surface area (Å²) in [6, 6.07) is 7.10. The standard InChI is InChI=1S/C15H21N3O3/c1-17(2)12-7-5-11(6-8-12)16-15(21)18-9-3-4-13(18)10-14(19)20/h5-8,13H,3-4,9-10H2,1-2H3,(H,16,21)(H,19,20). The van der Waals surface area contributed by atoms with Gasteiger partial charge < -0.3 is 20.2 Å². The number of rotatable bonds is 4. The van der Waals surface area contributed by atoms with Gasteiger partial charge in [-0.3, -0.25) is 4.79 Å². The number of carbonyl (C=O) groups is 2. The summed E-state index contributed by atoms with van der Waals surface area (Å²) in [6.45, 7) is 0.611. The number of nitrogens with zero attached hydrogens (tertiary/aromatic N) is 2.